The number of nitrogens with zero attached hydrogens (tertiary/aromatic N) is 1. The van der Waals surface area contributed by atoms with Gasteiger partial charge in [-0.25, -0.2) is 8.42 Å². The van der Waals surface area contributed by atoms with Crippen molar-refractivity contribution in [1.29, 1.82) is 0 Å². The van der Waals surface area contributed by atoms with Gasteiger partial charge in [0, 0.05) is 16.7 Å². The fraction of sp³-hybridized carbons (Fsp3) is 0.167. The van der Waals surface area contributed by atoms with Gasteiger partial charge in [0.05, 0.1) is 12.8 Å². The average molecular weight is 447 g/mol. The van der Waals surface area contributed by atoms with Crippen molar-refractivity contribution in [2.75, 3.05) is 11.8 Å². The second kappa shape index (κ2) is 7.60. The van der Waals surface area contributed by atoms with E-state index in [4.69, 9.17) is 16.3 Å². The molecule has 11 heteroatoms. The summed E-state index contributed by atoms with van der Waals surface area (Å²) in [6.45, 7) is 1.76. The van der Waals surface area contributed by atoms with Crippen LogP contribution in [0.25, 0.3) is 11.3 Å². The number of ether oxygens (including phenoxy) is 1. The summed E-state index contributed by atoms with van der Waals surface area (Å²) in [6.07, 6.45) is -4.71. The third-order valence-electron chi connectivity index (χ3n) is 3.96. The monoisotopic (exact) mass is 446 g/mol. The van der Waals surface area contributed by atoms with Crippen molar-refractivity contribution in [1.82, 2.24) is 5.16 Å². The molecule has 3 aromatic rings. The van der Waals surface area contributed by atoms with Crippen LogP contribution < -0.4 is 9.46 Å². The summed E-state index contributed by atoms with van der Waals surface area (Å²) in [5, 5.41) is 3.74. The van der Waals surface area contributed by atoms with Crippen LogP contribution in [0.3, 0.4) is 0 Å². The minimum absolute atomic E-state index is 0.000927. The number of hydrogen-bond donors (Lipinski definition) is 1. The van der Waals surface area contributed by atoms with E-state index in [0.29, 0.717) is 11.1 Å². The molecular weight excluding hydrogens is 433 g/mol. The summed E-state index contributed by atoms with van der Waals surface area (Å²) in [4.78, 5) is -0.286. The Hall–Kier alpha value is -2.72. The summed E-state index contributed by atoms with van der Waals surface area (Å²) in [5.74, 6) is -1.29. The van der Waals surface area contributed by atoms with Gasteiger partial charge in [-0.1, -0.05) is 22.8 Å². The molecule has 2 aromatic carbocycles. The topological polar surface area (TPSA) is 81.4 Å². The lowest BCUT2D eigenvalue weighted by atomic mass is 10.1. The maximum Gasteiger partial charge on any atom is 0.452 e. The van der Waals surface area contributed by atoms with Gasteiger partial charge < -0.3 is 9.26 Å². The summed E-state index contributed by atoms with van der Waals surface area (Å²) in [5.41, 5.74) is 0.914. The number of alkyl halides is 3. The van der Waals surface area contributed by atoms with E-state index in [9.17, 15) is 21.6 Å². The third-order valence-corrected chi connectivity index (χ3v) is 5.77. The quantitative estimate of drug-likeness (QED) is 0.587. The number of benzene rings is 2. The standard InChI is InChI=1S/C18H14ClF3N2O4S/c1-10-3-5-12(8-13(10)19)24-29(25,26)16-7-11(4-6-15(16)27-2)14-9-17(28-23-14)18(20,21)22/h3-9,24H,1-2H3. The molecule has 29 heavy (non-hydrogen) atoms. The van der Waals surface area contributed by atoms with Gasteiger partial charge in [-0.15, -0.1) is 0 Å². The van der Waals surface area contributed by atoms with Gasteiger partial charge >= 0.3 is 6.18 Å². The number of rotatable bonds is 5. The fourth-order valence-corrected chi connectivity index (χ4v) is 3.88. The largest absolute Gasteiger partial charge is 0.495 e. The molecule has 0 aliphatic heterocycles. The van der Waals surface area contributed by atoms with E-state index >= 15 is 0 Å². The molecular formula is C18H14ClF3N2O4S. The Bertz CT molecular complexity index is 1160. The van der Waals surface area contributed by atoms with Crippen molar-refractivity contribution in [3.63, 3.8) is 0 Å². The summed E-state index contributed by atoms with van der Waals surface area (Å²) in [7, 11) is -2.88. The Morgan fingerprint density at radius 2 is 1.86 bits per heavy atom. The van der Waals surface area contributed by atoms with Crippen LogP contribution >= 0.6 is 11.6 Å². The smallest absolute Gasteiger partial charge is 0.452 e. The van der Waals surface area contributed by atoms with Gasteiger partial charge in [-0.2, -0.15) is 13.2 Å². The highest BCUT2D eigenvalue weighted by Crippen LogP contribution is 2.35. The van der Waals surface area contributed by atoms with E-state index in [0.717, 1.165) is 11.6 Å². The van der Waals surface area contributed by atoms with Crippen molar-refractivity contribution in [2.24, 2.45) is 0 Å². The molecule has 0 aliphatic rings. The number of aromatic nitrogens is 1. The predicted molar refractivity (Wildman–Crippen MR) is 100 cm³/mol. The highest BCUT2D eigenvalue weighted by atomic mass is 35.5. The molecule has 0 saturated heterocycles. The van der Waals surface area contributed by atoms with Gasteiger partial charge in [0.25, 0.3) is 10.0 Å². The third kappa shape index (κ3) is 4.48. The molecule has 1 heterocycles. The Labute approximate surface area is 169 Å². The van der Waals surface area contributed by atoms with E-state index in [1.807, 2.05) is 0 Å². The second-order valence-electron chi connectivity index (χ2n) is 6.01. The molecule has 0 aliphatic carbocycles. The van der Waals surface area contributed by atoms with Crippen molar-refractivity contribution in [2.45, 2.75) is 18.0 Å². The molecule has 6 nitrogen and oxygen atoms in total. The zero-order valence-corrected chi connectivity index (χ0v) is 16.6. The van der Waals surface area contributed by atoms with Crippen LogP contribution in [0.4, 0.5) is 18.9 Å². The Kier molecular flexibility index (Phi) is 5.50. The highest BCUT2D eigenvalue weighted by Gasteiger charge is 2.36. The molecule has 1 aromatic heterocycles. The molecule has 0 radical (unpaired) electrons. The lowest BCUT2D eigenvalue weighted by Crippen LogP contribution is -2.14. The first-order valence-electron chi connectivity index (χ1n) is 8.02. The molecule has 0 spiro atoms. The molecule has 0 bridgehead atoms. The molecule has 0 atom stereocenters. The molecule has 0 saturated carbocycles. The molecule has 3 rings (SSSR count). The van der Waals surface area contributed by atoms with Crippen molar-refractivity contribution in [3.05, 3.63) is 58.8 Å². The van der Waals surface area contributed by atoms with E-state index < -0.39 is 22.0 Å². The molecule has 1 N–H and O–H groups in total. The van der Waals surface area contributed by atoms with Gasteiger partial charge in [0.2, 0.25) is 5.76 Å². The molecule has 0 amide bonds. The number of nitrogens with one attached hydrogen (secondary N) is 1. The van der Waals surface area contributed by atoms with Gasteiger partial charge in [-0.3, -0.25) is 4.72 Å². The van der Waals surface area contributed by atoms with E-state index in [1.165, 1.54) is 31.4 Å². The predicted octanol–water partition coefficient (Wildman–Crippen LogP) is 5.13. The van der Waals surface area contributed by atoms with Crippen LogP contribution in [-0.4, -0.2) is 20.7 Å². The number of hydrogen-bond acceptors (Lipinski definition) is 5. The first-order chi connectivity index (χ1) is 13.5. The average Bonchev–Trinajstić information content (AvgIpc) is 3.14. The first-order valence-corrected chi connectivity index (χ1v) is 9.88. The summed E-state index contributed by atoms with van der Waals surface area (Å²) in [6, 6.07) is 9.13. The first kappa shape index (κ1) is 21.0. The van der Waals surface area contributed by atoms with Crippen LogP contribution in [0.15, 0.2) is 51.9 Å². The van der Waals surface area contributed by atoms with Gasteiger partial charge in [-0.05, 0) is 42.8 Å². The molecule has 0 fully saturated rings. The number of sulfonamides is 1. The maximum atomic E-state index is 12.9. The SMILES string of the molecule is COc1ccc(-c2cc(C(F)(F)F)on2)cc1S(=O)(=O)Nc1ccc(C)c(Cl)c1. The van der Waals surface area contributed by atoms with Gasteiger partial charge in [0.15, 0.2) is 0 Å². The van der Waals surface area contributed by atoms with E-state index in [2.05, 4.69) is 14.4 Å². The van der Waals surface area contributed by atoms with Crippen LogP contribution in [0.5, 0.6) is 5.75 Å². The van der Waals surface area contributed by atoms with Crippen LogP contribution in [-0.2, 0) is 16.2 Å². The Balaban J connectivity index is 2.02. The number of halogens is 4. The lowest BCUT2D eigenvalue weighted by molar-refractivity contribution is -0.155. The fourth-order valence-electron chi connectivity index (χ4n) is 2.46. The molecule has 154 valence electrons. The van der Waals surface area contributed by atoms with Crippen LogP contribution in [0.2, 0.25) is 5.02 Å². The zero-order chi connectivity index (χ0) is 21.4. The van der Waals surface area contributed by atoms with Crippen molar-refractivity contribution < 1.29 is 30.8 Å². The second-order valence-corrected chi connectivity index (χ2v) is 8.07. The summed E-state index contributed by atoms with van der Waals surface area (Å²) < 4.78 is 75.7. The van der Waals surface area contributed by atoms with E-state index in [-0.39, 0.29) is 27.6 Å². The summed E-state index contributed by atoms with van der Waals surface area (Å²) >= 11 is 6.02. The minimum atomic E-state index is -4.71. The normalized spacial score (nSPS) is 12.1. The minimum Gasteiger partial charge on any atom is -0.495 e. The van der Waals surface area contributed by atoms with Gasteiger partial charge in [0.1, 0.15) is 16.3 Å². The zero-order valence-electron chi connectivity index (χ0n) is 15.0. The number of anilines is 1. The van der Waals surface area contributed by atoms with Crippen LogP contribution in [0.1, 0.15) is 11.3 Å². The number of aryl methyl sites for hydroxylation is 1. The van der Waals surface area contributed by atoms with Crippen LogP contribution in [0, 0.1) is 6.92 Å². The molecule has 0 unspecified atom stereocenters. The maximum absolute atomic E-state index is 12.9. The Morgan fingerprint density at radius 3 is 2.45 bits per heavy atom. The van der Waals surface area contributed by atoms with Crippen molar-refractivity contribution >= 4 is 27.3 Å². The van der Waals surface area contributed by atoms with E-state index in [1.54, 1.807) is 13.0 Å². The highest BCUT2D eigenvalue weighted by molar-refractivity contribution is 7.92. The lowest BCUT2D eigenvalue weighted by Gasteiger charge is -2.13. The Morgan fingerprint density at radius 1 is 1.14 bits per heavy atom. The number of methoxy groups -OCH3 is 1. The van der Waals surface area contributed by atoms with Crippen molar-refractivity contribution in [3.8, 4) is 17.0 Å².